The van der Waals surface area contributed by atoms with Crippen LogP contribution in [0.25, 0.3) is 0 Å². The lowest BCUT2D eigenvalue weighted by Gasteiger charge is -2.02. The largest absolute Gasteiger partial charge is 0.316 e. The fourth-order valence-corrected chi connectivity index (χ4v) is 1.17. The molecule has 0 atom stereocenters. The Labute approximate surface area is 84.6 Å². The summed E-state index contributed by atoms with van der Waals surface area (Å²) in [7, 11) is 0. The third-order valence-electron chi connectivity index (χ3n) is 1.99. The maximum atomic E-state index is 10.6. The summed E-state index contributed by atoms with van der Waals surface area (Å²) in [5, 5.41) is 3.22. The molecule has 0 unspecified atom stereocenters. The maximum absolute atomic E-state index is 10.6. The molecule has 0 fully saturated rings. The quantitative estimate of drug-likeness (QED) is 0.688. The van der Waals surface area contributed by atoms with Gasteiger partial charge in [0.15, 0.2) is 0 Å². The molecule has 1 aromatic rings. The van der Waals surface area contributed by atoms with Crippen LogP contribution in [0.3, 0.4) is 0 Å². The zero-order valence-electron chi connectivity index (χ0n) is 8.49. The number of aromatic nitrogens is 1. The first-order valence-corrected chi connectivity index (χ1v) is 4.88. The molecule has 0 aliphatic heterocycles. The lowest BCUT2D eigenvalue weighted by atomic mass is 10.2. The SMILES string of the molecule is CC(=O)CCNCCc1ccncc1. The molecule has 3 heteroatoms. The van der Waals surface area contributed by atoms with Crippen molar-refractivity contribution in [3.05, 3.63) is 30.1 Å². The monoisotopic (exact) mass is 192 g/mol. The van der Waals surface area contributed by atoms with E-state index in [1.165, 1.54) is 5.56 Å². The first kappa shape index (κ1) is 10.9. The van der Waals surface area contributed by atoms with Crippen LogP contribution >= 0.6 is 0 Å². The van der Waals surface area contributed by atoms with Crippen LogP contribution in [0.15, 0.2) is 24.5 Å². The van der Waals surface area contributed by atoms with Crippen LogP contribution in [0.5, 0.6) is 0 Å². The van der Waals surface area contributed by atoms with E-state index in [0.29, 0.717) is 6.42 Å². The van der Waals surface area contributed by atoms with Gasteiger partial charge in [0, 0.05) is 25.4 Å². The van der Waals surface area contributed by atoms with Crippen LogP contribution in [0.1, 0.15) is 18.9 Å². The summed E-state index contributed by atoms with van der Waals surface area (Å²) >= 11 is 0. The average molecular weight is 192 g/mol. The predicted octanol–water partition coefficient (Wildman–Crippen LogP) is 1.19. The molecule has 0 saturated heterocycles. The second kappa shape index (κ2) is 6.27. The van der Waals surface area contributed by atoms with Crippen molar-refractivity contribution in [3.63, 3.8) is 0 Å². The Morgan fingerprint density at radius 2 is 2.07 bits per heavy atom. The van der Waals surface area contributed by atoms with E-state index in [4.69, 9.17) is 0 Å². The molecular formula is C11H16N2O. The molecule has 3 nitrogen and oxygen atoms in total. The van der Waals surface area contributed by atoms with Gasteiger partial charge in [-0.25, -0.2) is 0 Å². The topological polar surface area (TPSA) is 42.0 Å². The fourth-order valence-electron chi connectivity index (χ4n) is 1.17. The van der Waals surface area contributed by atoms with Gasteiger partial charge in [-0.2, -0.15) is 0 Å². The summed E-state index contributed by atoms with van der Waals surface area (Å²) in [6.45, 7) is 3.31. The smallest absolute Gasteiger partial charge is 0.131 e. The average Bonchev–Trinajstić information content (AvgIpc) is 2.18. The zero-order chi connectivity index (χ0) is 10.2. The van der Waals surface area contributed by atoms with Gasteiger partial charge in [0.25, 0.3) is 0 Å². The van der Waals surface area contributed by atoms with Gasteiger partial charge in [0.1, 0.15) is 5.78 Å². The minimum atomic E-state index is 0.237. The van der Waals surface area contributed by atoms with E-state index in [2.05, 4.69) is 10.3 Å². The molecule has 0 spiro atoms. The Morgan fingerprint density at radius 3 is 2.71 bits per heavy atom. The van der Waals surface area contributed by atoms with Crippen LogP contribution in [-0.2, 0) is 11.2 Å². The summed E-state index contributed by atoms with van der Waals surface area (Å²) in [4.78, 5) is 14.6. The summed E-state index contributed by atoms with van der Waals surface area (Å²) in [5.74, 6) is 0.237. The van der Waals surface area contributed by atoms with Gasteiger partial charge in [0.05, 0.1) is 0 Å². The highest BCUT2D eigenvalue weighted by molar-refractivity contribution is 5.75. The molecule has 1 N–H and O–H groups in total. The Bertz CT molecular complexity index is 272. The highest BCUT2D eigenvalue weighted by Crippen LogP contribution is 1.95. The second-order valence-corrected chi connectivity index (χ2v) is 3.31. The second-order valence-electron chi connectivity index (χ2n) is 3.31. The number of carbonyl (C=O) groups excluding carboxylic acids is 1. The fraction of sp³-hybridized carbons (Fsp3) is 0.455. The Kier molecular flexibility index (Phi) is 4.86. The van der Waals surface area contributed by atoms with Crippen molar-refractivity contribution in [2.24, 2.45) is 0 Å². The number of nitrogens with one attached hydrogen (secondary N) is 1. The number of carbonyl (C=O) groups is 1. The van der Waals surface area contributed by atoms with E-state index in [0.717, 1.165) is 19.5 Å². The molecule has 76 valence electrons. The Hall–Kier alpha value is -1.22. The first-order chi connectivity index (χ1) is 6.79. The number of rotatable bonds is 6. The van der Waals surface area contributed by atoms with Crippen LogP contribution < -0.4 is 5.32 Å². The minimum Gasteiger partial charge on any atom is -0.316 e. The summed E-state index contributed by atoms with van der Waals surface area (Å²) in [6.07, 6.45) is 5.20. The molecule has 14 heavy (non-hydrogen) atoms. The summed E-state index contributed by atoms with van der Waals surface area (Å²) < 4.78 is 0. The number of Topliss-reactive ketones (excluding diaryl/α,β-unsaturated/α-hetero) is 1. The van der Waals surface area contributed by atoms with Crippen molar-refractivity contribution in [1.82, 2.24) is 10.3 Å². The van der Waals surface area contributed by atoms with Gasteiger partial charge in [-0.05, 0) is 37.6 Å². The van der Waals surface area contributed by atoms with Crippen molar-refractivity contribution in [2.45, 2.75) is 19.8 Å². The van der Waals surface area contributed by atoms with E-state index in [9.17, 15) is 4.79 Å². The van der Waals surface area contributed by atoms with Crippen molar-refractivity contribution in [3.8, 4) is 0 Å². The number of hydrogen-bond donors (Lipinski definition) is 1. The summed E-state index contributed by atoms with van der Waals surface area (Å²) in [5.41, 5.74) is 1.27. The molecular weight excluding hydrogens is 176 g/mol. The van der Waals surface area contributed by atoms with Crippen molar-refractivity contribution in [1.29, 1.82) is 0 Å². The van der Waals surface area contributed by atoms with Crippen LogP contribution in [0.2, 0.25) is 0 Å². The molecule has 0 aromatic carbocycles. The molecule has 0 aliphatic carbocycles. The van der Waals surface area contributed by atoms with E-state index >= 15 is 0 Å². The van der Waals surface area contributed by atoms with E-state index in [-0.39, 0.29) is 5.78 Å². The minimum absolute atomic E-state index is 0.237. The normalized spacial score (nSPS) is 10.1. The van der Waals surface area contributed by atoms with Gasteiger partial charge in [-0.3, -0.25) is 9.78 Å². The van der Waals surface area contributed by atoms with Gasteiger partial charge in [0.2, 0.25) is 0 Å². The third kappa shape index (κ3) is 4.72. The van der Waals surface area contributed by atoms with Crippen molar-refractivity contribution < 1.29 is 4.79 Å². The van der Waals surface area contributed by atoms with E-state index < -0.39 is 0 Å². The lowest BCUT2D eigenvalue weighted by molar-refractivity contribution is -0.116. The number of ketones is 1. The van der Waals surface area contributed by atoms with E-state index in [1.807, 2.05) is 12.1 Å². The lowest BCUT2D eigenvalue weighted by Crippen LogP contribution is -2.20. The van der Waals surface area contributed by atoms with E-state index in [1.54, 1.807) is 19.3 Å². The number of pyridine rings is 1. The number of hydrogen-bond acceptors (Lipinski definition) is 3. The third-order valence-corrected chi connectivity index (χ3v) is 1.99. The first-order valence-electron chi connectivity index (χ1n) is 4.88. The van der Waals surface area contributed by atoms with Crippen LogP contribution in [0, 0.1) is 0 Å². The molecule has 1 aromatic heterocycles. The Balaban J connectivity index is 2.08. The predicted molar refractivity (Wildman–Crippen MR) is 56.1 cm³/mol. The molecule has 0 amide bonds. The zero-order valence-corrected chi connectivity index (χ0v) is 8.49. The van der Waals surface area contributed by atoms with Gasteiger partial charge < -0.3 is 5.32 Å². The van der Waals surface area contributed by atoms with Crippen LogP contribution in [-0.4, -0.2) is 23.9 Å². The molecule has 0 saturated carbocycles. The Morgan fingerprint density at radius 1 is 1.36 bits per heavy atom. The van der Waals surface area contributed by atoms with Crippen molar-refractivity contribution in [2.75, 3.05) is 13.1 Å². The maximum Gasteiger partial charge on any atom is 0.131 e. The van der Waals surface area contributed by atoms with Crippen molar-refractivity contribution >= 4 is 5.78 Å². The molecule has 0 radical (unpaired) electrons. The molecule has 1 rings (SSSR count). The van der Waals surface area contributed by atoms with Gasteiger partial charge in [-0.1, -0.05) is 0 Å². The van der Waals surface area contributed by atoms with Gasteiger partial charge in [-0.15, -0.1) is 0 Å². The molecule has 0 bridgehead atoms. The summed E-state index contributed by atoms with van der Waals surface area (Å²) in [6, 6.07) is 4.01. The van der Waals surface area contributed by atoms with Gasteiger partial charge >= 0.3 is 0 Å². The highest BCUT2D eigenvalue weighted by atomic mass is 16.1. The molecule has 1 heterocycles. The highest BCUT2D eigenvalue weighted by Gasteiger charge is 1.93. The molecule has 0 aliphatic rings. The van der Waals surface area contributed by atoms with Crippen LogP contribution in [0.4, 0.5) is 0 Å². The number of nitrogens with zero attached hydrogens (tertiary/aromatic N) is 1. The standard InChI is InChI=1S/C11H16N2O/c1-10(14)2-6-12-7-3-11-4-8-13-9-5-11/h4-5,8-9,12H,2-3,6-7H2,1H3.